The molecule has 0 aliphatic heterocycles. The molecule has 0 atom stereocenters. The van der Waals surface area contributed by atoms with Gasteiger partial charge in [-0.3, -0.25) is 0 Å². The lowest BCUT2D eigenvalue weighted by Crippen LogP contribution is -2.02. The molecule has 0 unspecified atom stereocenters. The smallest absolute Gasteiger partial charge is 0.206 e. The number of halogens is 2. The van der Waals surface area contributed by atoms with Crippen LogP contribution in [0.4, 0.5) is 34.1 Å². The van der Waals surface area contributed by atoms with Crippen LogP contribution in [0.2, 0.25) is 10.0 Å². The number of nitrogens with two attached hydrogens (primary N) is 2. The van der Waals surface area contributed by atoms with Crippen molar-refractivity contribution >= 4 is 67.2 Å². The minimum absolute atomic E-state index is 0.179. The predicted molar refractivity (Wildman–Crippen MR) is 137 cm³/mol. The number of sulfone groups is 1. The van der Waals surface area contributed by atoms with E-state index in [1.54, 1.807) is 84.9 Å². The summed E-state index contributed by atoms with van der Waals surface area (Å²) in [5.74, 6) is 0. The van der Waals surface area contributed by atoms with Crippen LogP contribution in [-0.4, -0.2) is 8.42 Å². The molecule has 0 heterocycles. The van der Waals surface area contributed by atoms with E-state index < -0.39 is 9.84 Å². The number of hydrogen-bond acceptors (Lipinski definition) is 6. The summed E-state index contributed by atoms with van der Waals surface area (Å²) in [6.07, 6.45) is 0. The van der Waals surface area contributed by atoms with Crippen LogP contribution >= 0.6 is 23.2 Å². The molecule has 6 nitrogen and oxygen atoms in total. The molecule has 6 N–H and O–H groups in total. The summed E-state index contributed by atoms with van der Waals surface area (Å²) < 4.78 is 26.1. The van der Waals surface area contributed by atoms with Gasteiger partial charge in [0.25, 0.3) is 0 Å². The fraction of sp³-hybridized carbons (Fsp3) is 0. The average Bonchev–Trinajstić information content (AvgIpc) is 2.78. The van der Waals surface area contributed by atoms with Gasteiger partial charge in [0.15, 0.2) is 0 Å². The van der Waals surface area contributed by atoms with Gasteiger partial charge in [0.05, 0.1) is 31.2 Å². The monoisotopic (exact) mass is 498 g/mol. The van der Waals surface area contributed by atoms with E-state index in [9.17, 15) is 8.42 Å². The van der Waals surface area contributed by atoms with Crippen LogP contribution in [0, 0.1) is 0 Å². The lowest BCUT2D eigenvalue weighted by molar-refractivity contribution is 0.596. The summed E-state index contributed by atoms with van der Waals surface area (Å²) in [7, 11) is -3.69. The summed E-state index contributed by atoms with van der Waals surface area (Å²) >= 11 is 12.4. The maximum atomic E-state index is 13.0. The molecule has 0 aromatic heterocycles. The second-order valence-corrected chi connectivity index (χ2v) is 10.0. The second kappa shape index (κ2) is 9.23. The Morgan fingerprint density at radius 1 is 0.576 bits per heavy atom. The number of nitrogen functional groups attached to an aromatic ring is 2. The molecule has 0 saturated heterocycles. The lowest BCUT2D eigenvalue weighted by Gasteiger charge is -2.11. The number of benzene rings is 4. The van der Waals surface area contributed by atoms with Crippen molar-refractivity contribution in [3.63, 3.8) is 0 Å². The largest absolute Gasteiger partial charge is 0.399 e. The molecule has 0 radical (unpaired) electrons. The first-order chi connectivity index (χ1) is 15.7. The number of nitrogens with one attached hydrogen (secondary N) is 2. The third kappa shape index (κ3) is 5.17. The quantitative estimate of drug-likeness (QED) is 0.226. The van der Waals surface area contributed by atoms with Crippen molar-refractivity contribution in [3.8, 4) is 0 Å². The van der Waals surface area contributed by atoms with E-state index in [2.05, 4.69) is 10.6 Å². The number of anilines is 6. The second-order valence-electron chi connectivity index (χ2n) is 7.28. The van der Waals surface area contributed by atoms with Gasteiger partial charge in [-0.15, -0.1) is 0 Å². The normalized spacial score (nSPS) is 11.2. The third-order valence-electron chi connectivity index (χ3n) is 4.87. The third-order valence-corrected chi connectivity index (χ3v) is 7.28. The SMILES string of the molecule is Nc1ccc(Nc2ccc(S(=O)(=O)c3ccc(Nc4ccc(N)cc4Cl)cc3)cc2)c(Cl)c1. The zero-order chi connectivity index (χ0) is 23.6. The molecule has 0 amide bonds. The van der Waals surface area contributed by atoms with Crippen molar-refractivity contribution in [3.05, 3.63) is 95.0 Å². The first kappa shape index (κ1) is 22.8. The van der Waals surface area contributed by atoms with Gasteiger partial charge in [-0.25, -0.2) is 8.42 Å². The molecule has 0 aliphatic carbocycles. The van der Waals surface area contributed by atoms with Gasteiger partial charge in [-0.2, -0.15) is 0 Å². The van der Waals surface area contributed by atoms with E-state index in [1.165, 1.54) is 0 Å². The fourth-order valence-corrected chi connectivity index (χ4v) is 4.88. The maximum absolute atomic E-state index is 13.0. The highest BCUT2D eigenvalue weighted by Crippen LogP contribution is 2.30. The van der Waals surface area contributed by atoms with E-state index >= 15 is 0 Å². The zero-order valence-corrected chi connectivity index (χ0v) is 19.5. The van der Waals surface area contributed by atoms with Crippen molar-refractivity contribution in [1.29, 1.82) is 0 Å². The minimum atomic E-state index is -3.69. The molecule has 0 aliphatic rings. The van der Waals surface area contributed by atoms with Gasteiger partial charge in [0, 0.05) is 22.7 Å². The fourth-order valence-electron chi connectivity index (χ4n) is 3.15. The van der Waals surface area contributed by atoms with E-state index in [-0.39, 0.29) is 9.79 Å². The average molecular weight is 499 g/mol. The molecule has 4 aromatic carbocycles. The Morgan fingerprint density at radius 3 is 1.27 bits per heavy atom. The summed E-state index contributed by atoms with van der Waals surface area (Å²) in [4.78, 5) is 0.359. The first-order valence-electron chi connectivity index (χ1n) is 9.82. The van der Waals surface area contributed by atoms with Gasteiger partial charge in [-0.1, -0.05) is 23.2 Å². The van der Waals surface area contributed by atoms with Gasteiger partial charge in [0.2, 0.25) is 9.84 Å². The molecule has 4 rings (SSSR count). The van der Waals surface area contributed by atoms with Crippen molar-refractivity contribution in [1.82, 2.24) is 0 Å². The van der Waals surface area contributed by atoms with E-state index in [0.29, 0.717) is 44.2 Å². The van der Waals surface area contributed by atoms with Gasteiger partial charge in [0.1, 0.15) is 0 Å². The molecule has 33 heavy (non-hydrogen) atoms. The molecule has 9 heteroatoms. The Labute approximate surface area is 202 Å². The summed E-state index contributed by atoms with van der Waals surface area (Å²) in [5, 5.41) is 7.24. The van der Waals surface area contributed by atoms with Gasteiger partial charge >= 0.3 is 0 Å². The van der Waals surface area contributed by atoms with Crippen LogP contribution in [0.1, 0.15) is 0 Å². The summed E-state index contributed by atoms with van der Waals surface area (Å²) in [5.41, 5.74) is 15.3. The molecule has 0 saturated carbocycles. The predicted octanol–water partition coefficient (Wildman–Crippen LogP) is 6.48. The zero-order valence-electron chi connectivity index (χ0n) is 17.2. The van der Waals surface area contributed by atoms with E-state index in [1.807, 2.05) is 0 Å². The summed E-state index contributed by atoms with van der Waals surface area (Å²) in [6, 6.07) is 23.2. The number of hydrogen-bond donors (Lipinski definition) is 4. The van der Waals surface area contributed by atoms with E-state index in [4.69, 9.17) is 34.7 Å². The Bertz CT molecular complexity index is 1300. The molecule has 168 valence electrons. The molecule has 0 spiro atoms. The van der Waals surface area contributed by atoms with Gasteiger partial charge in [-0.05, 0) is 84.9 Å². The van der Waals surface area contributed by atoms with Gasteiger partial charge < -0.3 is 22.1 Å². The highest BCUT2D eigenvalue weighted by Gasteiger charge is 2.17. The van der Waals surface area contributed by atoms with Crippen LogP contribution in [0.3, 0.4) is 0 Å². The Morgan fingerprint density at radius 2 is 0.939 bits per heavy atom. The van der Waals surface area contributed by atoms with Crippen LogP contribution < -0.4 is 22.1 Å². The molecular weight excluding hydrogens is 479 g/mol. The Kier molecular flexibility index (Phi) is 6.37. The highest BCUT2D eigenvalue weighted by molar-refractivity contribution is 7.91. The van der Waals surface area contributed by atoms with Crippen molar-refractivity contribution in [2.24, 2.45) is 0 Å². The van der Waals surface area contributed by atoms with E-state index in [0.717, 1.165) is 0 Å². The molecule has 4 aromatic rings. The topological polar surface area (TPSA) is 110 Å². The number of rotatable bonds is 6. The summed E-state index contributed by atoms with van der Waals surface area (Å²) in [6.45, 7) is 0. The maximum Gasteiger partial charge on any atom is 0.206 e. The van der Waals surface area contributed by atoms with Crippen LogP contribution in [0.25, 0.3) is 0 Å². The van der Waals surface area contributed by atoms with Crippen molar-refractivity contribution < 1.29 is 8.42 Å². The van der Waals surface area contributed by atoms with Crippen molar-refractivity contribution in [2.45, 2.75) is 9.79 Å². The molecule has 0 fully saturated rings. The molecular formula is C24H20Cl2N4O2S. The van der Waals surface area contributed by atoms with Crippen molar-refractivity contribution in [2.75, 3.05) is 22.1 Å². The Hall–Kier alpha value is -3.39. The van der Waals surface area contributed by atoms with Crippen LogP contribution in [0.15, 0.2) is 94.7 Å². The Balaban J connectivity index is 1.50. The standard InChI is InChI=1S/C24H20Cl2N4O2S/c25-21-13-15(27)1-11-23(21)29-17-3-7-19(8-4-17)33(31,32)20-9-5-18(6-10-20)30-24-12-2-16(28)14-22(24)26/h1-14,29-30H,27-28H2. The highest BCUT2D eigenvalue weighted by atomic mass is 35.5. The first-order valence-corrected chi connectivity index (χ1v) is 12.1. The minimum Gasteiger partial charge on any atom is -0.399 e. The lowest BCUT2D eigenvalue weighted by atomic mass is 10.2. The van der Waals surface area contributed by atoms with Crippen LogP contribution in [-0.2, 0) is 9.84 Å². The molecule has 0 bridgehead atoms. The van der Waals surface area contributed by atoms with Crippen LogP contribution in [0.5, 0.6) is 0 Å².